The topological polar surface area (TPSA) is 116 Å². The highest BCUT2D eigenvalue weighted by atomic mass is 32.2. The van der Waals surface area contributed by atoms with Crippen LogP contribution >= 0.6 is 11.8 Å². The average molecular weight is 437 g/mol. The van der Waals surface area contributed by atoms with Gasteiger partial charge in [0.25, 0.3) is 5.69 Å². The fourth-order valence-corrected chi connectivity index (χ4v) is 6.69. The summed E-state index contributed by atoms with van der Waals surface area (Å²) in [5, 5.41) is 13.2. The molecular weight excluding hydrogens is 416 g/mol. The van der Waals surface area contributed by atoms with E-state index < -0.39 is 20.9 Å². The van der Waals surface area contributed by atoms with E-state index in [2.05, 4.69) is 5.32 Å². The summed E-state index contributed by atoms with van der Waals surface area (Å²) in [5.74, 6) is 0.278. The number of ether oxygens (including phenoxy) is 1. The Morgan fingerprint density at radius 1 is 1.24 bits per heavy atom. The van der Waals surface area contributed by atoms with Crippen molar-refractivity contribution >= 4 is 39.1 Å². The van der Waals surface area contributed by atoms with Crippen molar-refractivity contribution in [1.82, 2.24) is 0 Å². The third-order valence-electron chi connectivity index (χ3n) is 4.36. The van der Waals surface area contributed by atoms with Crippen LogP contribution in [0.25, 0.3) is 0 Å². The first-order chi connectivity index (χ1) is 13.7. The van der Waals surface area contributed by atoms with Crippen LogP contribution in [-0.4, -0.2) is 37.5 Å². The average Bonchev–Trinajstić information content (AvgIpc) is 2.88. The van der Waals surface area contributed by atoms with Gasteiger partial charge in [-0.15, -0.1) is 11.8 Å². The monoisotopic (exact) mass is 436 g/mol. The number of hydrogen-bond acceptors (Lipinski definition) is 7. The normalized spacial score (nSPS) is 16.8. The Balaban J connectivity index is 1.54. The van der Waals surface area contributed by atoms with Crippen molar-refractivity contribution in [2.75, 3.05) is 23.4 Å². The second kappa shape index (κ2) is 8.42. The van der Waals surface area contributed by atoms with Crippen molar-refractivity contribution in [3.63, 3.8) is 0 Å². The molecule has 2 aromatic rings. The van der Waals surface area contributed by atoms with Crippen LogP contribution in [0.15, 0.2) is 41.3 Å². The molecule has 1 amide bonds. The van der Waals surface area contributed by atoms with E-state index in [9.17, 15) is 23.3 Å². The van der Waals surface area contributed by atoms with Crippen molar-refractivity contribution in [3.8, 4) is 0 Å². The summed E-state index contributed by atoms with van der Waals surface area (Å²) in [5.41, 5.74) is 3.01. The van der Waals surface area contributed by atoms with Gasteiger partial charge in [0.05, 0.1) is 15.6 Å². The quantitative estimate of drug-likeness (QED) is 0.413. The number of amides is 1. The van der Waals surface area contributed by atoms with Gasteiger partial charge >= 0.3 is 6.09 Å². The minimum Gasteiger partial charge on any atom is -0.448 e. The standard InChI is InChI=1S/C19H20N2O6S2/c1-12-7-13(2)9-14(8-12)20-19(22)27-5-6-28-17-11-29(25,26)18-10-15(21(23)24)3-4-16(17)18/h3-4,7-10,17H,5-6,11H2,1-2H3,(H,20,22). The van der Waals surface area contributed by atoms with E-state index in [-0.39, 0.29) is 28.2 Å². The van der Waals surface area contributed by atoms with Gasteiger partial charge in [0.1, 0.15) is 6.61 Å². The predicted molar refractivity (Wildman–Crippen MR) is 111 cm³/mol. The number of nitrogens with zero attached hydrogens (tertiary/aromatic N) is 1. The third kappa shape index (κ3) is 5.07. The van der Waals surface area contributed by atoms with Crippen LogP contribution in [0.2, 0.25) is 0 Å². The number of aryl methyl sites for hydroxylation is 2. The number of rotatable bonds is 6. The number of thioether (sulfide) groups is 1. The van der Waals surface area contributed by atoms with Crippen molar-refractivity contribution in [2.45, 2.75) is 24.0 Å². The second-order valence-electron chi connectivity index (χ2n) is 6.76. The summed E-state index contributed by atoms with van der Waals surface area (Å²) in [6.45, 7) is 3.98. The van der Waals surface area contributed by atoms with E-state index in [4.69, 9.17) is 4.74 Å². The van der Waals surface area contributed by atoms with Gasteiger partial charge in [-0.25, -0.2) is 13.2 Å². The molecule has 1 aliphatic rings. The molecule has 154 valence electrons. The van der Waals surface area contributed by atoms with Crippen LogP contribution in [0.4, 0.5) is 16.2 Å². The molecule has 0 spiro atoms. The molecule has 1 N–H and O–H groups in total. The van der Waals surface area contributed by atoms with Crippen LogP contribution in [0.1, 0.15) is 21.9 Å². The minimum atomic E-state index is -3.56. The Labute approximate surface area is 172 Å². The lowest BCUT2D eigenvalue weighted by molar-refractivity contribution is -0.385. The third-order valence-corrected chi connectivity index (χ3v) is 7.60. The number of nitro groups is 1. The molecule has 0 aromatic heterocycles. The van der Waals surface area contributed by atoms with Gasteiger partial charge in [0.15, 0.2) is 9.84 Å². The molecule has 1 heterocycles. The highest BCUT2D eigenvalue weighted by Gasteiger charge is 2.36. The molecular formula is C19H20N2O6S2. The molecule has 3 rings (SSSR count). The molecule has 2 aromatic carbocycles. The predicted octanol–water partition coefficient (Wildman–Crippen LogP) is 4.02. The van der Waals surface area contributed by atoms with Crippen molar-refractivity contribution in [1.29, 1.82) is 0 Å². The van der Waals surface area contributed by atoms with Crippen LogP contribution in [0.5, 0.6) is 0 Å². The number of hydrogen-bond donors (Lipinski definition) is 1. The van der Waals surface area contributed by atoms with Gasteiger partial charge < -0.3 is 4.74 Å². The fourth-order valence-electron chi connectivity index (χ4n) is 3.21. The SMILES string of the molecule is Cc1cc(C)cc(NC(=O)OCCSC2CS(=O)(=O)c3cc([N+](=O)[O-])ccc32)c1. The Bertz CT molecular complexity index is 1050. The summed E-state index contributed by atoms with van der Waals surface area (Å²) in [7, 11) is -3.56. The van der Waals surface area contributed by atoms with Crippen molar-refractivity contribution < 1.29 is 22.9 Å². The maximum Gasteiger partial charge on any atom is 0.411 e. The molecule has 29 heavy (non-hydrogen) atoms. The fraction of sp³-hybridized carbons (Fsp3) is 0.316. The molecule has 10 heteroatoms. The molecule has 0 bridgehead atoms. The van der Waals surface area contributed by atoms with Gasteiger partial charge in [-0.2, -0.15) is 0 Å². The van der Waals surface area contributed by atoms with Crippen LogP contribution < -0.4 is 5.32 Å². The van der Waals surface area contributed by atoms with Gasteiger partial charge in [-0.3, -0.25) is 15.4 Å². The van der Waals surface area contributed by atoms with E-state index in [0.29, 0.717) is 17.0 Å². The number of carbonyl (C=O) groups excluding carboxylic acids is 1. The lowest BCUT2D eigenvalue weighted by Gasteiger charge is -2.11. The molecule has 0 radical (unpaired) electrons. The highest BCUT2D eigenvalue weighted by Crippen LogP contribution is 2.43. The Kier molecular flexibility index (Phi) is 6.13. The van der Waals surface area contributed by atoms with Gasteiger partial charge in [0, 0.05) is 28.8 Å². The first-order valence-corrected chi connectivity index (χ1v) is 11.5. The number of carbonyl (C=O) groups is 1. The number of fused-ring (bicyclic) bond motifs is 1. The lowest BCUT2D eigenvalue weighted by atomic mass is 10.1. The Morgan fingerprint density at radius 3 is 2.59 bits per heavy atom. The number of sulfone groups is 1. The summed E-state index contributed by atoms with van der Waals surface area (Å²) >= 11 is 1.34. The van der Waals surface area contributed by atoms with Gasteiger partial charge in [-0.1, -0.05) is 6.07 Å². The maximum absolute atomic E-state index is 12.3. The van der Waals surface area contributed by atoms with E-state index in [0.717, 1.165) is 17.2 Å². The maximum atomic E-state index is 12.3. The number of benzene rings is 2. The number of non-ortho nitro benzene ring substituents is 1. The van der Waals surface area contributed by atoms with Crippen molar-refractivity contribution in [2.24, 2.45) is 0 Å². The molecule has 0 saturated carbocycles. The van der Waals surface area contributed by atoms with Gasteiger partial charge in [-0.05, 0) is 48.7 Å². The number of nitrogens with one attached hydrogen (secondary N) is 1. The zero-order valence-corrected chi connectivity index (χ0v) is 17.5. The summed E-state index contributed by atoms with van der Waals surface area (Å²) in [4.78, 5) is 22.2. The molecule has 1 atom stereocenters. The zero-order valence-electron chi connectivity index (χ0n) is 15.9. The zero-order chi connectivity index (χ0) is 21.2. The van der Waals surface area contributed by atoms with Crippen LogP contribution in [-0.2, 0) is 14.6 Å². The molecule has 0 saturated heterocycles. The summed E-state index contributed by atoms with van der Waals surface area (Å²) in [6.07, 6.45) is -0.578. The molecule has 0 aliphatic carbocycles. The number of anilines is 1. The second-order valence-corrected chi connectivity index (χ2v) is 10.1. The van der Waals surface area contributed by atoms with Crippen molar-refractivity contribution in [3.05, 3.63) is 63.2 Å². The molecule has 1 unspecified atom stereocenters. The largest absolute Gasteiger partial charge is 0.448 e. The van der Waals surface area contributed by atoms with Crippen LogP contribution in [0, 0.1) is 24.0 Å². The minimum absolute atomic E-state index is 0.0117. The molecule has 1 aliphatic heterocycles. The Hall–Kier alpha value is -2.59. The first-order valence-electron chi connectivity index (χ1n) is 8.80. The van der Waals surface area contributed by atoms with E-state index in [1.54, 1.807) is 0 Å². The van der Waals surface area contributed by atoms with E-state index >= 15 is 0 Å². The molecule has 0 fully saturated rings. The lowest BCUT2D eigenvalue weighted by Crippen LogP contribution is -2.15. The summed E-state index contributed by atoms with van der Waals surface area (Å²) in [6, 6.07) is 9.57. The first kappa shape index (κ1) is 21.1. The van der Waals surface area contributed by atoms with Crippen LogP contribution in [0.3, 0.4) is 0 Å². The Morgan fingerprint density at radius 2 is 1.93 bits per heavy atom. The van der Waals surface area contributed by atoms with Gasteiger partial charge in [0.2, 0.25) is 0 Å². The van der Waals surface area contributed by atoms with E-state index in [1.165, 1.54) is 23.9 Å². The molecule has 8 nitrogen and oxygen atoms in total. The highest BCUT2D eigenvalue weighted by molar-refractivity contribution is 8.01. The summed E-state index contributed by atoms with van der Waals surface area (Å²) < 4.78 is 29.8. The number of nitro benzene ring substituents is 1. The van der Waals surface area contributed by atoms with E-state index in [1.807, 2.05) is 32.0 Å². The smallest absolute Gasteiger partial charge is 0.411 e.